The Morgan fingerprint density at radius 3 is 2.26 bits per heavy atom. The van der Waals surface area contributed by atoms with Gasteiger partial charge in [0.05, 0.1) is 0 Å². The SMILES string of the molecule is O=C(O)N[C@H]1CC[C@H](NC[C@H]2CC[C@H](n3ccc(NC(=O)c4ccccc4)nc3=O)CC2)CC1. The van der Waals surface area contributed by atoms with E-state index in [0.717, 1.165) is 57.9 Å². The average Bonchev–Trinajstić information content (AvgIpc) is 2.84. The summed E-state index contributed by atoms with van der Waals surface area (Å²) in [6, 6.07) is 11.2. The van der Waals surface area contributed by atoms with E-state index in [-0.39, 0.29) is 29.5 Å². The Kier molecular flexibility index (Phi) is 7.95. The van der Waals surface area contributed by atoms with Crippen LogP contribution in [0.25, 0.3) is 0 Å². The fourth-order valence-electron chi connectivity index (χ4n) is 5.12. The first kappa shape index (κ1) is 23.9. The third kappa shape index (κ3) is 6.44. The zero-order valence-corrected chi connectivity index (χ0v) is 19.3. The largest absolute Gasteiger partial charge is 0.465 e. The van der Waals surface area contributed by atoms with Crippen LogP contribution in [0.1, 0.15) is 67.8 Å². The summed E-state index contributed by atoms with van der Waals surface area (Å²) < 4.78 is 1.69. The van der Waals surface area contributed by atoms with Crippen molar-refractivity contribution in [2.24, 2.45) is 5.92 Å². The Balaban J connectivity index is 1.21. The summed E-state index contributed by atoms with van der Waals surface area (Å²) in [4.78, 5) is 39.8. The number of carbonyl (C=O) groups is 2. The molecule has 2 saturated carbocycles. The molecule has 4 rings (SSSR count). The summed E-state index contributed by atoms with van der Waals surface area (Å²) in [6.07, 6.45) is 8.51. The van der Waals surface area contributed by atoms with Crippen LogP contribution in [0.2, 0.25) is 0 Å². The van der Waals surface area contributed by atoms with E-state index in [9.17, 15) is 14.4 Å². The summed E-state index contributed by atoms with van der Waals surface area (Å²) in [6.45, 7) is 0.964. The standard InChI is InChI=1S/C25H33N5O4/c31-23(18-4-2-1-3-5-18)28-22-14-15-30(24(32)29-22)21-12-6-17(7-13-21)16-26-19-8-10-20(11-9-19)27-25(33)34/h1-5,14-15,17,19-21,26-27H,6-13,16H2,(H,33,34)(H,28,29,31,32)/t17-,19-,20-,21-. The highest BCUT2D eigenvalue weighted by Crippen LogP contribution is 2.31. The predicted octanol–water partition coefficient (Wildman–Crippen LogP) is 3.40. The molecule has 0 atom stereocenters. The molecule has 9 heteroatoms. The summed E-state index contributed by atoms with van der Waals surface area (Å²) in [7, 11) is 0. The first-order chi connectivity index (χ1) is 16.5. The average molecular weight is 468 g/mol. The molecule has 1 aromatic heterocycles. The van der Waals surface area contributed by atoms with Gasteiger partial charge in [0.1, 0.15) is 5.82 Å². The van der Waals surface area contributed by atoms with Crippen LogP contribution < -0.4 is 21.6 Å². The minimum absolute atomic E-state index is 0.0796. The summed E-state index contributed by atoms with van der Waals surface area (Å²) in [5.74, 6) is 0.561. The topological polar surface area (TPSA) is 125 Å². The number of rotatable bonds is 7. The lowest BCUT2D eigenvalue weighted by Crippen LogP contribution is -2.43. The van der Waals surface area contributed by atoms with Gasteiger partial charge in [-0.05, 0) is 82.0 Å². The van der Waals surface area contributed by atoms with E-state index in [4.69, 9.17) is 5.11 Å². The van der Waals surface area contributed by atoms with Gasteiger partial charge in [-0.3, -0.25) is 9.36 Å². The first-order valence-corrected chi connectivity index (χ1v) is 12.2. The van der Waals surface area contributed by atoms with Gasteiger partial charge in [-0.1, -0.05) is 18.2 Å². The molecule has 2 fully saturated rings. The molecule has 1 heterocycles. The van der Waals surface area contributed by atoms with E-state index in [1.165, 1.54) is 0 Å². The molecule has 2 amide bonds. The number of nitrogens with one attached hydrogen (secondary N) is 3. The number of aromatic nitrogens is 2. The molecular formula is C25H33N5O4. The molecule has 182 valence electrons. The fraction of sp³-hybridized carbons (Fsp3) is 0.520. The molecular weight excluding hydrogens is 434 g/mol. The lowest BCUT2D eigenvalue weighted by Gasteiger charge is -2.33. The Morgan fingerprint density at radius 1 is 0.941 bits per heavy atom. The number of amides is 2. The van der Waals surface area contributed by atoms with Crippen LogP contribution in [0, 0.1) is 5.92 Å². The van der Waals surface area contributed by atoms with Crippen LogP contribution in [0.15, 0.2) is 47.4 Å². The fourth-order valence-corrected chi connectivity index (χ4v) is 5.12. The van der Waals surface area contributed by atoms with E-state index >= 15 is 0 Å². The van der Waals surface area contributed by atoms with Gasteiger partial charge < -0.3 is 21.1 Å². The molecule has 2 aliphatic carbocycles. The zero-order valence-electron chi connectivity index (χ0n) is 19.3. The second-order valence-electron chi connectivity index (χ2n) is 9.40. The van der Waals surface area contributed by atoms with E-state index in [2.05, 4.69) is 20.9 Å². The van der Waals surface area contributed by atoms with Crippen molar-refractivity contribution in [2.45, 2.75) is 69.5 Å². The Hall–Kier alpha value is -3.20. The Bertz CT molecular complexity index is 1030. The maximum atomic E-state index is 12.6. The van der Waals surface area contributed by atoms with Gasteiger partial charge in [0, 0.05) is 29.9 Å². The van der Waals surface area contributed by atoms with Crippen molar-refractivity contribution in [1.29, 1.82) is 0 Å². The summed E-state index contributed by atoms with van der Waals surface area (Å²) in [5, 5.41) is 17.8. The monoisotopic (exact) mass is 467 g/mol. The number of carboxylic acid groups (broad SMARTS) is 1. The minimum Gasteiger partial charge on any atom is -0.465 e. The second-order valence-corrected chi connectivity index (χ2v) is 9.40. The molecule has 2 aromatic rings. The van der Waals surface area contributed by atoms with Gasteiger partial charge in [0.2, 0.25) is 0 Å². The van der Waals surface area contributed by atoms with Crippen molar-refractivity contribution in [3.05, 3.63) is 58.6 Å². The number of carbonyl (C=O) groups excluding carboxylic acids is 1. The molecule has 0 spiro atoms. The molecule has 0 saturated heterocycles. The third-order valence-electron chi connectivity index (χ3n) is 7.07. The maximum Gasteiger partial charge on any atom is 0.404 e. The molecule has 4 N–H and O–H groups in total. The molecule has 1 aromatic carbocycles. The van der Waals surface area contributed by atoms with Crippen molar-refractivity contribution in [1.82, 2.24) is 20.2 Å². The van der Waals surface area contributed by atoms with E-state index in [1.807, 2.05) is 6.07 Å². The lowest BCUT2D eigenvalue weighted by atomic mass is 9.85. The van der Waals surface area contributed by atoms with Crippen molar-refractivity contribution in [3.8, 4) is 0 Å². The van der Waals surface area contributed by atoms with Crippen molar-refractivity contribution >= 4 is 17.8 Å². The third-order valence-corrected chi connectivity index (χ3v) is 7.07. The summed E-state index contributed by atoms with van der Waals surface area (Å²) >= 11 is 0. The Labute approximate surface area is 199 Å². The number of hydrogen-bond acceptors (Lipinski definition) is 5. The smallest absolute Gasteiger partial charge is 0.404 e. The van der Waals surface area contributed by atoms with Crippen LogP contribution >= 0.6 is 0 Å². The van der Waals surface area contributed by atoms with Crippen molar-refractivity contribution < 1.29 is 14.7 Å². The van der Waals surface area contributed by atoms with Crippen LogP contribution in [-0.2, 0) is 0 Å². The predicted molar refractivity (Wildman–Crippen MR) is 129 cm³/mol. The highest BCUT2D eigenvalue weighted by molar-refractivity contribution is 6.03. The first-order valence-electron chi connectivity index (χ1n) is 12.2. The van der Waals surface area contributed by atoms with Crippen LogP contribution in [-0.4, -0.2) is 45.3 Å². The maximum absolute atomic E-state index is 12.6. The van der Waals surface area contributed by atoms with Crippen molar-refractivity contribution in [2.75, 3.05) is 11.9 Å². The van der Waals surface area contributed by atoms with E-state index in [0.29, 0.717) is 17.5 Å². The second kappa shape index (κ2) is 11.3. The lowest BCUT2D eigenvalue weighted by molar-refractivity contribution is 0.102. The highest BCUT2D eigenvalue weighted by atomic mass is 16.4. The zero-order chi connectivity index (χ0) is 23.9. The van der Waals surface area contributed by atoms with Crippen molar-refractivity contribution in [3.63, 3.8) is 0 Å². The Morgan fingerprint density at radius 2 is 1.62 bits per heavy atom. The molecule has 0 radical (unpaired) electrons. The number of hydrogen-bond donors (Lipinski definition) is 4. The van der Waals surface area contributed by atoms with Gasteiger partial charge in [0.15, 0.2) is 0 Å². The minimum atomic E-state index is -0.936. The van der Waals surface area contributed by atoms with Crippen LogP contribution in [0.3, 0.4) is 0 Å². The number of anilines is 1. The van der Waals surface area contributed by atoms with Gasteiger partial charge in [-0.25, -0.2) is 9.59 Å². The summed E-state index contributed by atoms with van der Waals surface area (Å²) in [5.41, 5.74) is 0.185. The van der Waals surface area contributed by atoms with Gasteiger partial charge in [-0.15, -0.1) is 0 Å². The number of nitrogens with zero attached hydrogens (tertiary/aromatic N) is 2. The molecule has 9 nitrogen and oxygen atoms in total. The normalized spacial score (nSPS) is 24.8. The van der Waals surface area contributed by atoms with E-state index < -0.39 is 6.09 Å². The van der Waals surface area contributed by atoms with Gasteiger partial charge >= 0.3 is 11.8 Å². The van der Waals surface area contributed by atoms with Gasteiger partial charge in [-0.2, -0.15) is 4.98 Å². The van der Waals surface area contributed by atoms with Crippen LogP contribution in [0.5, 0.6) is 0 Å². The van der Waals surface area contributed by atoms with E-state index in [1.54, 1.807) is 41.1 Å². The molecule has 0 aliphatic heterocycles. The molecule has 34 heavy (non-hydrogen) atoms. The van der Waals surface area contributed by atoms with Gasteiger partial charge in [0.25, 0.3) is 5.91 Å². The van der Waals surface area contributed by atoms with Crippen LogP contribution in [0.4, 0.5) is 10.6 Å². The highest BCUT2D eigenvalue weighted by Gasteiger charge is 2.26. The molecule has 2 aliphatic rings. The molecule has 0 bridgehead atoms. The molecule has 0 unspecified atom stereocenters. The quantitative estimate of drug-likeness (QED) is 0.495. The number of benzene rings is 1.